The van der Waals surface area contributed by atoms with Crippen molar-refractivity contribution in [3.8, 4) is 0 Å². The maximum absolute atomic E-state index is 11.0. The van der Waals surface area contributed by atoms with Gasteiger partial charge >= 0.3 is 5.97 Å². The van der Waals surface area contributed by atoms with Gasteiger partial charge in [-0.2, -0.15) is 0 Å². The summed E-state index contributed by atoms with van der Waals surface area (Å²) in [6, 6.07) is 6.71. The van der Waals surface area contributed by atoms with Crippen LogP contribution in [0.3, 0.4) is 0 Å². The Balaban J connectivity index is 0.00000106. The van der Waals surface area contributed by atoms with E-state index in [1.165, 1.54) is 7.11 Å². The third-order valence-corrected chi connectivity index (χ3v) is 1.69. The van der Waals surface area contributed by atoms with E-state index in [1.807, 2.05) is 0 Å². The Labute approximate surface area is 90.1 Å². The van der Waals surface area contributed by atoms with Crippen molar-refractivity contribution < 1.29 is 18.7 Å². The lowest BCUT2D eigenvalue weighted by atomic mass is 10.1. The van der Waals surface area contributed by atoms with Crippen LogP contribution >= 0.6 is 0 Å². The number of esters is 1. The molecule has 0 aliphatic heterocycles. The minimum atomic E-state index is -0.375. The van der Waals surface area contributed by atoms with E-state index in [4.69, 9.17) is 14.7 Å². The summed E-state index contributed by atoms with van der Waals surface area (Å²) < 4.78 is 20.5. The Hall–Kier alpha value is -2.14. The Morgan fingerprint density at radius 1 is 1.44 bits per heavy atom. The molecule has 0 spiro atoms. The zero-order chi connectivity index (χ0) is 12.4. The smallest absolute Gasteiger partial charge is 0.337 e. The molecule has 0 bridgehead atoms. The van der Waals surface area contributed by atoms with E-state index >= 15 is 0 Å². The van der Waals surface area contributed by atoms with Gasteiger partial charge in [-0.1, -0.05) is 17.2 Å². The van der Waals surface area contributed by atoms with E-state index < -0.39 is 0 Å². The number of halogens is 2. The number of hydrogen-bond donors (Lipinski definition) is 0. The van der Waals surface area contributed by atoms with Crippen molar-refractivity contribution in [1.29, 1.82) is 0 Å². The first kappa shape index (κ1) is 13.9. The third kappa shape index (κ3) is 4.39. The normalized spacial score (nSPS) is 8.19. The topological polar surface area (TPSA) is 75.1 Å². The molecule has 0 saturated heterocycles. The molecule has 0 unspecified atom stereocenters. The van der Waals surface area contributed by atoms with Crippen LogP contribution in [-0.2, 0) is 11.3 Å². The largest absolute Gasteiger partial charge is 0.465 e. The Morgan fingerprint density at radius 3 is 2.44 bits per heavy atom. The van der Waals surface area contributed by atoms with Crippen molar-refractivity contribution in [1.82, 2.24) is 0 Å². The van der Waals surface area contributed by atoms with E-state index in [0.29, 0.717) is 5.56 Å². The second-order valence-corrected chi connectivity index (χ2v) is 2.58. The van der Waals surface area contributed by atoms with Crippen LogP contribution in [0.25, 0.3) is 10.4 Å². The highest BCUT2D eigenvalue weighted by molar-refractivity contribution is 5.89. The molecule has 0 aromatic heterocycles. The Bertz CT molecular complexity index is 375. The lowest BCUT2D eigenvalue weighted by molar-refractivity contribution is 0.0600. The van der Waals surface area contributed by atoms with Gasteiger partial charge in [-0.15, -0.1) is 0 Å². The van der Waals surface area contributed by atoms with Gasteiger partial charge in [0.05, 0.1) is 19.2 Å². The number of carbonyl (C=O) groups is 1. The van der Waals surface area contributed by atoms with E-state index in [2.05, 4.69) is 14.8 Å². The monoisotopic (exact) mass is 229 g/mol. The molecule has 0 amide bonds. The van der Waals surface area contributed by atoms with Crippen LogP contribution in [0.15, 0.2) is 29.4 Å². The fraction of sp³-hybridized carbons (Fsp3) is 0.222. The first-order valence-corrected chi connectivity index (χ1v) is 4.10. The summed E-state index contributed by atoms with van der Waals surface area (Å²) in [5, 5.41) is 3.40. The van der Waals surface area contributed by atoms with E-state index in [1.54, 1.807) is 24.3 Å². The van der Waals surface area contributed by atoms with E-state index in [-0.39, 0.29) is 12.5 Å². The molecule has 0 atom stereocenters. The van der Waals surface area contributed by atoms with Crippen molar-refractivity contribution >= 4 is 5.97 Å². The number of methoxy groups -OCH3 is 1. The Morgan fingerprint density at radius 2 is 2.00 bits per heavy atom. The molecule has 86 valence electrons. The van der Waals surface area contributed by atoms with Crippen LogP contribution in [0, 0.1) is 0 Å². The Kier molecular flexibility index (Phi) is 7.10. The van der Waals surface area contributed by atoms with Crippen molar-refractivity contribution in [2.24, 2.45) is 5.11 Å². The van der Waals surface area contributed by atoms with Crippen LogP contribution in [0.1, 0.15) is 15.9 Å². The predicted octanol–water partition coefficient (Wildman–Crippen LogP) is 3.12. The summed E-state index contributed by atoms with van der Waals surface area (Å²) in [6.45, 7) is 0.290. The number of azide groups is 1. The molecule has 0 aliphatic carbocycles. The fourth-order valence-corrected chi connectivity index (χ4v) is 0.977. The maximum atomic E-state index is 11.0. The number of nitrogens with zero attached hydrogens (tertiary/aromatic N) is 3. The third-order valence-electron chi connectivity index (χ3n) is 1.69. The van der Waals surface area contributed by atoms with Crippen LogP contribution in [0.4, 0.5) is 9.15 Å². The summed E-state index contributed by atoms with van der Waals surface area (Å²) >= 11 is 0. The second kappa shape index (κ2) is 8.19. The van der Waals surface area contributed by atoms with Gasteiger partial charge in [0.2, 0.25) is 0 Å². The maximum Gasteiger partial charge on any atom is 0.337 e. The standard InChI is InChI=1S/C9H9N3O2.F2/c1-14-9(13)8-4-2-7(3-5-8)6-11-12-10;1-2/h2-5H,6H2,1H3;. The fourth-order valence-electron chi connectivity index (χ4n) is 0.977. The molecular weight excluding hydrogens is 220 g/mol. The van der Waals surface area contributed by atoms with Gasteiger partial charge in [0, 0.05) is 14.1 Å². The summed E-state index contributed by atoms with van der Waals surface area (Å²) in [7, 11) is 1.33. The van der Waals surface area contributed by atoms with Crippen molar-refractivity contribution in [2.75, 3.05) is 7.11 Å². The van der Waals surface area contributed by atoms with Gasteiger partial charge < -0.3 is 4.74 Å². The number of hydrogen-bond acceptors (Lipinski definition) is 3. The molecule has 7 heteroatoms. The molecule has 16 heavy (non-hydrogen) atoms. The summed E-state index contributed by atoms with van der Waals surface area (Å²) in [5.41, 5.74) is 9.43. The van der Waals surface area contributed by atoms with Crippen molar-refractivity contribution in [3.63, 3.8) is 0 Å². The molecule has 1 aromatic carbocycles. The number of benzene rings is 1. The molecule has 5 nitrogen and oxygen atoms in total. The van der Waals surface area contributed by atoms with Gasteiger partial charge in [0.25, 0.3) is 0 Å². The average Bonchev–Trinajstić information content (AvgIpc) is 2.38. The van der Waals surface area contributed by atoms with Gasteiger partial charge in [-0.3, -0.25) is 0 Å². The molecule has 0 saturated carbocycles. The summed E-state index contributed by atoms with van der Waals surface area (Å²) in [5.74, 6) is -0.375. The number of rotatable bonds is 3. The molecule has 0 aliphatic rings. The van der Waals surface area contributed by atoms with Gasteiger partial charge in [0.1, 0.15) is 0 Å². The zero-order valence-electron chi connectivity index (χ0n) is 8.43. The second-order valence-electron chi connectivity index (χ2n) is 2.58. The van der Waals surface area contributed by atoms with E-state index in [0.717, 1.165) is 5.56 Å². The lowest BCUT2D eigenvalue weighted by Crippen LogP contribution is -2.00. The molecule has 0 heterocycles. The summed E-state index contributed by atoms with van der Waals surface area (Å²) in [6.07, 6.45) is 0. The van der Waals surface area contributed by atoms with E-state index in [9.17, 15) is 4.79 Å². The van der Waals surface area contributed by atoms with Crippen molar-refractivity contribution in [3.05, 3.63) is 45.8 Å². The van der Waals surface area contributed by atoms with Crippen molar-refractivity contribution in [2.45, 2.75) is 6.54 Å². The predicted molar refractivity (Wildman–Crippen MR) is 52.8 cm³/mol. The van der Waals surface area contributed by atoms with Crippen LogP contribution < -0.4 is 0 Å². The van der Waals surface area contributed by atoms with Crippen LogP contribution in [-0.4, -0.2) is 13.1 Å². The molecule has 0 N–H and O–H groups in total. The molecule has 1 rings (SSSR count). The molecule has 1 aromatic rings. The SMILES string of the molecule is COC(=O)c1ccc(CN=[N+]=[N-])cc1.FF. The van der Waals surface area contributed by atoms with Gasteiger partial charge in [-0.25, -0.2) is 4.79 Å². The highest BCUT2D eigenvalue weighted by Crippen LogP contribution is 2.06. The number of ether oxygens (including phenoxy) is 1. The minimum Gasteiger partial charge on any atom is -0.465 e. The quantitative estimate of drug-likeness (QED) is 0.345. The number of carbonyl (C=O) groups excluding carboxylic acids is 1. The minimum absolute atomic E-state index is 0.290. The lowest BCUT2D eigenvalue weighted by Gasteiger charge is -1.99. The molecule has 0 fully saturated rings. The molecule has 0 radical (unpaired) electrons. The van der Waals surface area contributed by atoms with Gasteiger partial charge in [-0.05, 0) is 23.2 Å². The average molecular weight is 229 g/mol. The highest BCUT2D eigenvalue weighted by Gasteiger charge is 2.03. The summed E-state index contributed by atoms with van der Waals surface area (Å²) in [4.78, 5) is 13.7. The first-order chi connectivity index (χ1) is 7.77. The van der Waals surface area contributed by atoms with Gasteiger partial charge in [0.15, 0.2) is 0 Å². The van der Waals surface area contributed by atoms with Crippen LogP contribution in [0.2, 0.25) is 0 Å². The zero-order valence-corrected chi connectivity index (χ0v) is 8.43. The highest BCUT2D eigenvalue weighted by atomic mass is 20.0. The van der Waals surface area contributed by atoms with Crippen LogP contribution in [0.5, 0.6) is 0 Å². The molecular formula is C9H9F2N3O2. The first-order valence-electron chi connectivity index (χ1n) is 4.10.